The molecule has 4 N–H and O–H groups in total. The molecule has 0 radical (unpaired) electrons. The standard InChI is InChI=1S/C12H19N5O7S/c1-7(18)14-5-4-10(19)15-11(13)9-3-2-8-6-16(9)12(20)17(8)24-25(21,22)23/h8-9H,2-6H2,1H3,(H,14,18)(H2,13,15,19)(H,21,22,23). The third-order valence-corrected chi connectivity index (χ3v) is 4.18. The molecule has 0 aromatic carbocycles. The molecule has 2 bridgehead atoms. The number of carbonyl (C=O) groups is 3. The van der Waals surface area contributed by atoms with Crippen LogP contribution in [0.15, 0.2) is 0 Å². The number of hydroxylamine groups is 2. The van der Waals surface area contributed by atoms with E-state index in [0.717, 1.165) is 0 Å². The average molecular weight is 377 g/mol. The van der Waals surface area contributed by atoms with Gasteiger partial charge in [0.05, 0.1) is 12.1 Å². The molecule has 2 unspecified atom stereocenters. The molecule has 4 amide bonds. The van der Waals surface area contributed by atoms with E-state index in [-0.39, 0.29) is 31.3 Å². The highest BCUT2D eigenvalue weighted by Crippen LogP contribution is 2.30. The number of nitrogens with zero attached hydrogens (tertiary/aromatic N) is 2. The van der Waals surface area contributed by atoms with Crippen molar-refractivity contribution in [1.82, 2.24) is 20.6 Å². The van der Waals surface area contributed by atoms with Gasteiger partial charge in [0, 0.05) is 26.4 Å². The predicted octanol–water partition coefficient (Wildman–Crippen LogP) is -1.39. The summed E-state index contributed by atoms with van der Waals surface area (Å²) in [5.41, 5.74) is 0. The number of piperidine rings is 1. The van der Waals surface area contributed by atoms with Crippen molar-refractivity contribution in [3.05, 3.63) is 0 Å². The number of urea groups is 1. The van der Waals surface area contributed by atoms with Crippen LogP contribution in [0.25, 0.3) is 0 Å². The van der Waals surface area contributed by atoms with E-state index in [4.69, 9.17) is 9.96 Å². The Labute approximate surface area is 143 Å². The van der Waals surface area contributed by atoms with Gasteiger partial charge in [0.1, 0.15) is 5.84 Å². The van der Waals surface area contributed by atoms with Gasteiger partial charge in [0.15, 0.2) is 0 Å². The van der Waals surface area contributed by atoms with Crippen molar-refractivity contribution in [3.8, 4) is 0 Å². The van der Waals surface area contributed by atoms with Gasteiger partial charge in [-0.05, 0) is 12.8 Å². The Kier molecular flexibility index (Phi) is 5.59. The van der Waals surface area contributed by atoms with Crippen LogP contribution in [0.3, 0.4) is 0 Å². The second-order valence-electron chi connectivity index (χ2n) is 5.70. The lowest BCUT2D eigenvalue weighted by atomic mass is 10.00. The molecule has 0 aliphatic carbocycles. The highest BCUT2D eigenvalue weighted by atomic mass is 32.3. The molecule has 0 spiro atoms. The highest BCUT2D eigenvalue weighted by molar-refractivity contribution is 7.80. The van der Waals surface area contributed by atoms with Crippen molar-refractivity contribution in [2.45, 2.75) is 38.3 Å². The van der Waals surface area contributed by atoms with Crippen LogP contribution >= 0.6 is 0 Å². The molecule has 2 aliphatic rings. The normalized spacial score (nSPS) is 22.7. The summed E-state index contributed by atoms with van der Waals surface area (Å²) >= 11 is 0. The summed E-state index contributed by atoms with van der Waals surface area (Å²) in [7, 11) is -4.83. The van der Waals surface area contributed by atoms with Crippen molar-refractivity contribution >= 4 is 34.1 Å². The Morgan fingerprint density at radius 1 is 1.40 bits per heavy atom. The number of hydrogen-bond acceptors (Lipinski definition) is 7. The average Bonchev–Trinajstić information content (AvgIpc) is 2.70. The first-order valence-corrected chi connectivity index (χ1v) is 8.84. The Hall–Kier alpha value is -2.25. The molecule has 0 aromatic rings. The van der Waals surface area contributed by atoms with Gasteiger partial charge >= 0.3 is 16.4 Å². The zero-order valence-corrected chi connectivity index (χ0v) is 14.2. The smallest absolute Gasteiger partial charge is 0.356 e. The predicted molar refractivity (Wildman–Crippen MR) is 82.6 cm³/mol. The minimum atomic E-state index is -4.83. The summed E-state index contributed by atoms with van der Waals surface area (Å²) in [4.78, 5) is 35.9. The Balaban J connectivity index is 1.93. The molecule has 2 rings (SSSR count). The maximum absolute atomic E-state index is 12.2. The van der Waals surface area contributed by atoms with E-state index < -0.39 is 34.4 Å². The first-order chi connectivity index (χ1) is 11.6. The Bertz CT molecular complexity index is 694. The second kappa shape index (κ2) is 7.33. The topological polar surface area (TPSA) is 169 Å². The molecular formula is C12H19N5O7S. The number of hydrogen-bond donors (Lipinski definition) is 4. The zero-order chi connectivity index (χ0) is 18.8. The largest absolute Gasteiger partial charge is 0.418 e. The molecular weight excluding hydrogens is 358 g/mol. The minimum Gasteiger partial charge on any atom is -0.356 e. The molecule has 13 heteroatoms. The molecule has 2 fully saturated rings. The summed E-state index contributed by atoms with van der Waals surface area (Å²) in [6.07, 6.45) is 0.641. The number of carbonyl (C=O) groups excluding carboxylic acids is 3. The lowest BCUT2D eigenvalue weighted by Crippen LogP contribution is -2.51. The van der Waals surface area contributed by atoms with E-state index in [1.54, 1.807) is 0 Å². The molecule has 2 aliphatic heterocycles. The molecule has 0 aromatic heterocycles. The van der Waals surface area contributed by atoms with Gasteiger partial charge in [-0.3, -0.25) is 19.6 Å². The quantitative estimate of drug-likeness (QED) is 0.251. The maximum atomic E-state index is 12.2. The van der Waals surface area contributed by atoms with E-state index >= 15 is 0 Å². The molecule has 2 atom stereocenters. The van der Waals surface area contributed by atoms with Crippen LogP contribution in [0.4, 0.5) is 4.79 Å². The van der Waals surface area contributed by atoms with Gasteiger partial charge in [0.25, 0.3) is 0 Å². The number of fused-ring (bicyclic) bond motifs is 2. The monoisotopic (exact) mass is 377 g/mol. The third-order valence-electron chi connectivity index (χ3n) is 3.83. The Morgan fingerprint density at radius 3 is 2.68 bits per heavy atom. The summed E-state index contributed by atoms with van der Waals surface area (Å²) in [5, 5.41) is 13.4. The number of amides is 4. The summed E-state index contributed by atoms with van der Waals surface area (Å²) < 4.78 is 34.7. The lowest BCUT2D eigenvalue weighted by Gasteiger charge is -2.30. The number of amidine groups is 1. The van der Waals surface area contributed by atoms with Crippen molar-refractivity contribution in [2.75, 3.05) is 13.1 Å². The van der Waals surface area contributed by atoms with Gasteiger partial charge in [-0.25, -0.2) is 4.79 Å². The summed E-state index contributed by atoms with van der Waals surface area (Å²) in [6, 6.07) is -2.10. The minimum absolute atomic E-state index is 0.0246. The fourth-order valence-electron chi connectivity index (χ4n) is 2.78. The van der Waals surface area contributed by atoms with Gasteiger partial charge < -0.3 is 15.5 Å². The number of nitrogens with one attached hydrogen (secondary N) is 3. The molecule has 12 nitrogen and oxygen atoms in total. The van der Waals surface area contributed by atoms with E-state index in [1.807, 2.05) is 0 Å². The van der Waals surface area contributed by atoms with Gasteiger partial charge in [0.2, 0.25) is 11.8 Å². The summed E-state index contributed by atoms with van der Waals surface area (Å²) in [6.45, 7) is 1.56. The van der Waals surface area contributed by atoms with E-state index in [9.17, 15) is 22.8 Å². The van der Waals surface area contributed by atoms with Crippen LogP contribution in [0.5, 0.6) is 0 Å². The van der Waals surface area contributed by atoms with Crippen LogP contribution in [0.2, 0.25) is 0 Å². The van der Waals surface area contributed by atoms with Crippen molar-refractivity contribution < 1.29 is 31.6 Å². The molecule has 2 saturated heterocycles. The van der Waals surface area contributed by atoms with E-state index in [1.165, 1.54) is 11.8 Å². The first kappa shape index (κ1) is 19.1. The van der Waals surface area contributed by atoms with Crippen molar-refractivity contribution in [3.63, 3.8) is 0 Å². The molecule has 140 valence electrons. The molecule has 0 saturated carbocycles. The van der Waals surface area contributed by atoms with E-state index in [2.05, 4.69) is 14.9 Å². The SMILES string of the molecule is CC(=O)NCCC(=O)NC(=N)C1CCC2CN1C(=O)N2OS(=O)(=O)O. The van der Waals surface area contributed by atoms with Crippen LogP contribution in [-0.2, 0) is 24.3 Å². The molecule has 25 heavy (non-hydrogen) atoms. The summed E-state index contributed by atoms with van der Waals surface area (Å²) in [5.74, 6) is -0.963. The van der Waals surface area contributed by atoms with Crippen molar-refractivity contribution in [1.29, 1.82) is 5.41 Å². The van der Waals surface area contributed by atoms with Crippen LogP contribution in [-0.4, -0.2) is 71.8 Å². The van der Waals surface area contributed by atoms with Gasteiger partial charge in [-0.2, -0.15) is 13.5 Å². The Morgan fingerprint density at radius 2 is 2.08 bits per heavy atom. The zero-order valence-electron chi connectivity index (χ0n) is 13.4. The second-order valence-corrected chi connectivity index (χ2v) is 6.71. The lowest BCUT2D eigenvalue weighted by molar-refractivity contribution is -0.120. The number of rotatable bonds is 6. The van der Waals surface area contributed by atoms with Crippen molar-refractivity contribution in [2.24, 2.45) is 0 Å². The van der Waals surface area contributed by atoms with Crippen LogP contribution < -0.4 is 10.6 Å². The molecule has 2 heterocycles. The van der Waals surface area contributed by atoms with Crippen LogP contribution in [0.1, 0.15) is 26.2 Å². The van der Waals surface area contributed by atoms with E-state index in [0.29, 0.717) is 17.9 Å². The highest BCUT2D eigenvalue weighted by Gasteiger charge is 2.48. The first-order valence-electron chi connectivity index (χ1n) is 7.48. The fraction of sp³-hybridized carbons (Fsp3) is 0.667. The van der Waals surface area contributed by atoms with Gasteiger partial charge in [-0.15, -0.1) is 4.28 Å². The fourth-order valence-corrected chi connectivity index (χ4v) is 3.17. The van der Waals surface area contributed by atoms with Gasteiger partial charge in [-0.1, -0.05) is 0 Å². The maximum Gasteiger partial charge on any atom is 0.418 e. The third kappa shape index (κ3) is 4.87. The van der Waals surface area contributed by atoms with Crippen LogP contribution in [0, 0.1) is 5.41 Å².